The summed E-state index contributed by atoms with van der Waals surface area (Å²) in [5.41, 5.74) is 0. The van der Waals surface area contributed by atoms with Crippen LogP contribution in [0.25, 0.3) is 0 Å². The maximum atomic E-state index is 11.2. The molecule has 0 bridgehead atoms. The Labute approximate surface area is 557 Å². The van der Waals surface area contributed by atoms with E-state index < -0.39 is 37.2 Å². The van der Waals surface area contributed by atoms with Gasteiger partial charge >= 0.3 is 17.4 Å². The Morgan fingerprint density at radius 1 is 0.170 bits per heavy atom. The second kappa shape index (κ2) is 83.0. The van der Waals surface area contributed by atoms with Crippen LogP contribution in [-0.2, 0) is 28.8 Å². The van der Waals surface area contributed by atoms with Gasteiger partial charge in [0.15, 0.2) is 0 Å². The molecule has 0 unspecified atom stereocenters. The molecule has 0 aliphatic carbocycles. The molecule has 0 aliphatic heterocycles. The number of carboxylic acids is 3. The van der Waals surface area contributed by atoms with Gasteiger partial charge in [-0.25, -0.2) is 0 Å². The van der Waals surface area contributed by atoms with Gasteiger partial charge < -0.3 is 29.7 Å². The van der Waals surface area contributed by atoms with Gasteiger partial charge in [0.05, 0.1) is 0 Å². The third-order valence-corrected chi connectivity index (χ3v) is 17.7. The molecule has 0 N–H and O–H groups in total. The van der Waals surface area contributed by atoms with Crippen molar-refractivity contribution in [3.63, 3.8) is 0 Å². The molecule has 10 heteroatoms. The van der Waals surface area contributed by atoms with Crippen LogP contribution in [0.5, 0.6) is 0 Å². The van der Waals surface area contributed by atoms with Crippen molar-refractivity contribution >= 4 is 52.6 Å². The molecule has 0 saturated carbocycles. The summed E-state index contributed by atoms with van der Waals surface area (Å²) in [4.78, 5) is 64.6. The average molecular weight is 1260 g/mol. The molecule has 0 amide bonds. The molecule has 0 radical (unpaired) electrons. The summed E-state index contributed by atoms with van der Waals surface area (Å²) in [5, 5.41) is 30.9. The zero-order valence-electron chi connectivity index (χ0n) is 59.0. The molecule has 0 aromatic rings. The number of Topliss-reactive ketones (excluding diaryl/α,β-unsaturated/α-hetero) is 3. The van der Waals surface area contributed by atoms with Gasteiger partial charge in [0, 0.05) is 56.4 Å². The summed E-state index contributed by atoms with van der Waals surface area (Å²) in [6.45, 7) is 6.84. The van der Waals surface area contributed by atoms with Gasteiger partial charge in [-0.15, -0.1) is 0 Å². The molecule has 0 fully saturated rings. The Morgan fingerprint density at radius 2 is 0.261 bits per heavy atom. The van der Waals surface area contributed by atoms with E-state index in [-0.39, 0.29) is 34.7 Å². The zero-order valence-corrected chi connectivity index (χ0v) is 60.2. The molecule has 0 aliphatic rings. The van der Waals surface area contributed by atoms with Crippen molar-refractivity contribution < 1.29 is 44.1 Å². The summed E-state index contributed by atoms with van der Waals surface area (Å²) in [6, 6.07) is 0. The summed E-state index contributed by atoms with van der Waals surface area (Å²) in [5.74, 6) is -4.33. The number of hydrogen-bond acceptors (Lipinski definition) is 9. The van der Waals surface area contributed by atoms with Crippen molar-refractivity contribution in [2.24, 2.45) is 0 Å². The fourth-order valence-corrected chi connectivity index (χ4v) is 12.0. The van der Waals surface area contributed by atoms with Crippen molar-refractivity contribution in [1.29, 1.82) is 0 Å². The van der Waals surface area contributed by atoms with E-state index >= 15 is 0 Å². The minimum atomic E-state index is -1.25. The molecule has 0 aromatic heterocycles. The summed E-state index contributed by atoms with van der Waals surface area (Å²) in [6.07, 6.45) is 84.5. The van der Waals surface area contributed by atoms with Crippen molar-refractivity contribution in [3.05, 3.63) is 0 Å². The van der Waals surface area contributed by atoms with Crippen molar-refractivity contribution in [1.82, 2.24) is 0 Å². The van der Waals surface area contributed by atoms with Gasteiger partial charge in [0.1, 0.15) is 17.3 Å². The summed E-state index contributed by atoms with van der Waals surface area (Å²) >= 11 is 0. The largest absolute Gasteiger partial charge is 3.00 e. The van der Waals surface area contributed by atoms with Gasteiger partial charge in [-0.1, -0.05) is 406 Å². The molecule has 0 aromatic carbocycles. The number of unbranched alkanes of at least 4 members (excludes halogenated alkanes) is 60. The Hall–Kier alpha value is -2.05. The van der Waals surface area contributed by atoms with Gasteiger partial charge in [0.25, 0.3) is 0 Å². The fraction of sp³-hybridized carbons (Fsp3) is 0.923. The standard InChI is InChI=1S/3C26H50O3.Al/c3*1-2-3-4-5-6-7-8-9-10-11-12-13-14-15-16-17-18-19-20-21-22-23-25(27)24-26(28)29;/h3*2-24H2,1H3,(H,28,29);/q;;;+3/p-3. The third kappa shape index (κ3) is 92.7. The molecule has 0 spiro atoms. The van der Waals surface area contributed by atoms with Crippen LogP contribution in [-0.4, -0.2) is 52.6 Å². The predicted octanol–water partition coefficient (Wildman–Crippen LogP) is 21.5. The molecule has 516 valence electrons. The molecule has 0 atom stereocenters. The number of aliphatic carboxylic acids is 3. The van der Waals surface area contributed by atoms with Crippen LogP contribution in [0.15, 0.2) is 0 Å². The summed E-state index contributed by atoms with van der Waals surface area (Å²) < 4.78 is 0. The molecule has 88 heavy (non-hydrogen) atoms. The molecule has 0 rings (SSSR count). The number of hydrogen-bond donors (Lipinski definition) is 0. The normalized spacial score (nSPS) is 10.9. The topological polar surface area (TPSA) is 172 Å². The van der Waals surface area contributed by atoms with E-state index in [2.05, 4.69) is 20.8 Å². The van der Waals surface area contributed by atoms with Crippen LogP contribution in [0.4, 0.5) is 0 Å². The van der Waals surface area contributed by atoms with Crippen molar-refractivity contribution in [3.8, 4) is 0 Å². The maximum Gasteiger partial charge on any atom is 3.00 e. The first-order valence-electron chi connectivity index (χ1n) is 38.6. The second-order valence-corrected chi connectivity index (χ2v) is 26.7. The molecule has 9 nitrogen and oxygen atoms in total. The van der Waals surface area contributed by atoms with Crippen LogP contribution in [0, 0.1) is 0 Å². The fourth-order valence-electron chi connectivity index (χ4n) is 12.0. The molecule has 0 heterocycles. The molecule has 0 saturated heterocycles. The Balaban J connectivity index is -0.000000598. The smallest absolute Gasteiger partial charge is 0.550 e. The SMILES string of the molecule is CCCCCCCCCCCCCCCCCCCCCCCC(=O)CC(=O)[O-].CCCCCCCCCCCCCCCCCCCCCCCC(=O)CC(=O)[O-].CCCCCCCCCCCCCCCCCCCCCCCC(=O)CC(=O)[O-].[Al+3]. The van der Waals surface area contributed by atoms with E-state index in [0.717, 1.165) is 57.8 Å². The van der Waals surface area contributed by atoms with Crippen LogP contribution < -0.4 is 15.3 Å². The molecular weight excluding hydrogens is 1110 g/mol. The summed E-state index contributed by atoms with van der Waals surface area (Å²) in [7, 11) is 0. The van der Waals surface area contributed by atoms with Crippen molar-refractivity contribution in [2.75, 3.05) is 0 Å². The first kappa shape index (κ1) is 92.4. The zero-order chi connectivity index (χ0) is 64.3. The third-order valence-electron chi connectivity index (χ3n) is 17.7. The molecular formula is C78H147AlO9. The Kier molecular flexibility index (Phi) is 87.1. The number of carboxylic acid groups (broad SMARTS) is 3. The van der Waals surface area contributed by atoms with E-state index in [1.54, 1.807) is 0 Å². The maximum absolute atomic E-state index is 11.2. The number of ketones is 3. The first-order chi connectivity index (χ1) is 42.5. The van der Waals surface area contributed by atoms with Crippen LogP contribution in [0.3, 0.4) is 0 Å². The number of carbonyl (C=O) groups excluding carboxylic acids is 6. The minimum absolute atomic E-state index is 0. The number of rotatable bonds is 72. The van der Waals surface area contributed by atoms with E-state index in [1.165, 1.54) is 347 Å². The number of carbonyl (C=O) groups is 6. The van der Waals surface area contributed by atoms with Crippen molar-refractivity contribution in [2.45, 2.75) is 464 Å². The van der Waals surface area contributed by atoms with E-state index in [1.807, 2.05) is 0 Å². The average Bonchev–Trinajstić information content (AvgIpc) is 3.51. The minimum Gasteiger partial charge on any atom is -0.550 e. The van der Waals surface area contributed by atoms with Gasteiger partial charge in [0.2, 0.25) is 0 Å². The van der Waals surface area contributed by atoms with E-state index in [9.17, 15) is 44.1 Å². The van der Waals surface area contributed by atoms with Crippen LogP contribution in [0.1, 0.15) is 464 Å². The monoisotopic (exact) mass is 1260 g/mol. The Bertz CT molecular complexity index is 1270. The van der Waals surface area contributed by atoms with Gasteiger partial charge in [-0.2, -0.15) is 0 Å². The first-order valence-corrected chi connectivity index (χ1v) is 38.6. The van der Waals surface area contributed by atoms with Crippen LogP contribution in [0.2, 0.25) is 0 Å². The van der Waals surface area contributed by atoms with Crippen LogP contribution >= 0.6 is 0 Å². The Morgan fingerprint density at radius 3 is 0.352 bits per heavy atom. The quantitative estimate of drug-likeness (QED) is 0.0326. The van der Waals surface area contributed by atoms with Gasteiger partial charge in [-0.3, -0.25) is 14.4 Å². The second-order valence-electron chi connectivity index (χ2n) is 26.7. The van der Waals surface area contributed by atoms with Gasteiger partial charge in [-0.05, 0) is 19.3 Å². The van der Waals surface area contributed by atoms with E-state index in [4.69, 9.17) is 0 Å². The predicted molar refractivity (Wildman–Crippen MR) is 371 cm³/mol. The van der Waals surface area contributed by atoms with E-state index in [0.29, 0.717) is 19.3 Å².